The van der Waals surface area contributed by atoms with Crippen LogP contribution in [0, 0.1) is 5.92 Å². The highest BCUT2D eigenvalue weighted by Gasteiger charge is 2.30. The van der Waals surface area contributed by atoms with Crippen LogP contribution in [0.3, 0.4) is 0 Å². The number of para-hydroxylation sites is 1. The lowest BCUT2D eigenvalue weighted by molar-refractivity contribution is -0.138. The summed E-state index contributed by atoms with van der Waals surface area (Å²) in [4.78, 5) is 17.1. The van der Waals surface area contributed by atoms with Gasteiger partial charge in [-0.15, -0.1) is 0 Å². The molecule has 24 heavy (non-hydrogen) atoms. The summed E-state index contributed by atoms with van der Waals surface area (Å²) in [6, 6.07) is 8.36. The minimum atomic E-state index is 0.148. The van der Waals surface area contributed by atoms with Crippen LogP contribution in [-0.2, 0) is 11.3 Å². The molecule has 132 valence electrons. The standard InChI is InChI=1S/C19H29N3O2/c1-24-18-8-3-2-5-16(18)14-21-9-11-22(12-10-21)19(23)15-6-4-7-17(20)13-15/h2-3,5,8,15,17H,4,6-7,9-14,20H2,1H3/t15-,17-/m0/s1. The molecule has 5 heteroatoms. The van der Waals surface area contributed by atoms with E-state index in [1.807, 2.05) is 23.1 Å². The summed E-state index contributed by atoms with van der Waals surface area (Å²) in [5.41, 5.74) is 7.24. The minimum absolute atomic E-state index is 0.148. The van der Waals surface area contributed by atoms with E-state index >= 15 is 0 Å². The fourth-order valence-electron chi connectivity index (χ4n) is 3.91. The van der Waals surface area contributed by atoms with Crippen LogP contribution < -0.4 is 10.5 Å². The molecule has 1 amide bonds. The van der Waals surface area contributed by atoms with Gasteiger partial charge in [-0.1, -0.05) is 24.6 Å². The summed E-state index contributed by atoms with van der Waals surface area (Å²) in [6.45, 7) is 4.35. The quantitative estimate of drug-likeness (QED) is 0.915. The van der Waals surface area contributed by atoms with Crippen LogP contribution in [-0.4, -0.2) is 55.0 Å². The van der Waals surface area contributed by atoms with Crippen LogP contribution in [0.15, 0.2) is 24.3 Å². The van der Waals surface area contributed by atoms with E-state index in [9.17, 15) is 4.79 Å². The lowest BCUT2D eigenvalue weighted by Crippen LogP contribution is -2.51. The van der Waals surface area contributed by atoms with Crippen molar-refractivity contribution in [2.75, 3.05) is 33.3 Å². The highest BCUT2D eigenvalue weighted by atomic mass is 16.5. The third-order valence-corrected chi connectivity index (χ3v) is 5.33. The molecule has 0 unspecified atom stereocenters. The van der Waals surface area contributed by atoms with E-state index in [4.69, 9.17) is 10.5 Å². The zero-order chi connectivity index (χ0) is 16.9. The molecule has 0 spiro atoms. The maximum Gasteiger partial charge on any atom is 0.225 e. The van der Waals surface area contributed by atoms with Crippen molar-refractivity contribution in [3.05, 3.63) is 29.8 Å². The molecule has 1 saturated carbocycles. The van der Waals surface area contributed by atoms with Gasteiger partial charge in [0.25, 0.3) is 0 Å². The van der Waals surface area contributed by atoms with E-state index in [1.54, 1.807) is 7.11 Å². The van der Waals surface area contributed by atoms with Gasteiger partial charge < -0.3 is 15.4 Å². The summed E-state index contributed by atoms with van der Waals surface area (Å²) in [6.07, 6.45) is 4.02. The van der Waals surface area contributed by atoms with Crippen LogP contribution in [0.1, 0.15) is 31.2 Å². The second kappa shape index (κ2) is 7.99. The molecule has 0 bridgehead atoms. The van der Waals surface area contributed by atoms with E-state index in [1.165, 1.54) is 5.56 Å². The molecule has 2 atom stereocenters. The molecule has 2 aliphatic rings. The molecule has 0 aromatic heterocycles. The normalized spacial score (nSPS) is 25.5. The van der Waals surface area contributed by atoms with Gasteiger partial charge in [0.15, 0.2) is 0 Å². The van der Waals surface area contributed by atoms with Gasteiger partial charge in [-0.25, -0.2) is 0 Å². The van der Waals surface area contributed by atoms with Crippen molar-refractivity contribution in [1.29, 1.82) is 0 Å². The summed E-state index contributed by atoms with van der Waals surface area (Å²) >= 11 is 0. The van der Waals surface area contributed by atoms with Crippen molar-refractivity contribution >= 4 is 5.91 Å². The van der Waals surface area contributed by atoms with Crippen molar-refractivity contribution in [3.8, 4) is 5.75 Å². The first-order chi connectivity index (χ1) is 11.7. The molecule has 0 radical (unpaired) electrons. The van der Waals surface area contributed by atoms with Crippen molar-refractivity contribution in [1.82, 2.24) is 9.80 Å². The first kappa shape index (κ1) is 17.2. The van der Waals surface area contributed by atoms with E-state index in [0.717, 1.165) is 64.2 Å². The molecule has 5 nitrogen and oxygen atoms in total. The molecule has 1 aliphatic carbocycles. The topological polar surface area (TPSA) is 58.8 Å². The lowest BCUT2D eigenvalue weighted by Gasteiger charge is -2.38. The monoisotopic (exact) mass is 331 g/mol. The Kier molecular flexibility index (Phi) is 5.74. The Bertz CT molecular complexity index is 555. The molecule has 1 aromatic carbocycles. The van der Waals surface area contributed by atoms with Gasteiger partial charge in [-0.2, -0.15) is 0 Å². The van der Waals surface area contributed by atoms with Gasteiger partial charge in [0, 0.05) is 50.2 Å². The van der Waals surface area contributed by atoms with E-state index in [0.29, 0.717) is 5.91 Å². The smallest absolute Gasteiger partial charge is 0.225 e. The van der Waals surface area contributed by atoms with Crippen molar-refractivity contribution in [3.63, 3.8) is 0 Å². The summed E-state index contributed by atoms with van der Waals surface area (Å²) < 4.78 is 5.43. The van der Waals surface area contributed by atoms with E-state index < -0.39 is 0 Å². The SMILES string of the molecule is COc1ccccc1CN1CCN(C(=O)[C@H]2CCC[C@H](N)C2)CC1. The minimum Gasteiger partial charge on any atom is -0.496 e. The molecule has 3 rings (SSSR count). The first-order valence-electron chi connectivity index (χ1n) is 9.06. The molecule has 1 aliphatic heterocycles. The Morgan fingerprint density at radius 1 is 1.21 bits per heavy atom. The number of methoxy groups -OCH3 is 1. The number of hydrogen-bond acceptors (Lipinski definition) is 4. The number of amides is 1. The van der Waals surface area contributed by atoms with Gasteiger partial charge in [-0.3, -0.25) is 9.69 Å². The molecule has 2 fully saturated rings. The number of benzene rings is 1. The maximum atomic E-state index is 12.7. The molecular weight excluding hydrogens is 302 g/mol. The first-order valence-corrected chi connectivity index (χ1v) is 9.06. The zero-order valence-electron chi connectivity index (χ0n) is 14.6. The number of carbonyl (C=O) groups is 1. The number of hydrogen-bond donors (Lipinski definition) is 1. The number of nitrogens with two attached hydrogens (primary N) is 1. The van der Waals surface area contributed by atoms with Crippen molar-refractivity contribution in [2.45, 2.75) is 38.3 Å². The zero-order valence-corrected chi connectivity index (χ0v) is 14.6. The predicted molar refractivity (Wildman–Crippen MR) is 94.8 cm³/mol. The van der Waals surface area contributed by atoms with Crippen LogP contribution in [0.4, 0.5) is 0 Å². The van der Waals surface area contributed by atoms with Crippen LogP contribution >= 0.6 is 0 Å². The Morgan fingerprint density at radius 2 is 1.96 bits per heavy atom. The van der Waals surface area contributed by atoms with Crippen LogP contribution in [0.5, 0.6) is 5.75 Å². The number of carbonyl (C=O) groups excluding carboxylic acids is 1. The fourth-order valence-corrected chi connectivity index (χ4v) is 3.91. The third-order valence-electron chi connectivity index (χ3n) is 5.33. The number of ether oxygens (including phenoxy) is 1. The second-order valence-corrected chi connectivity index (χ2v) is 7.04. The Labute approximate surface area is 144 Å². The predicted octanol–water partition coefficient (Wildman–Crippen LogP) is 1.86. The average molecular weight is 331 g/mol. The van der Waals surface area contributed by atoms with Gasteiger partial charge in [0.2, 0.25) is 5.91 Å². The van der Waals surface area contributed by atoms with E-state index in [2.05, 4.69) is 11.0 Å². The fraction of sp³-hybridized carbons (Fsp3) is 0.632. The molecule has 1 heterocycles. The van der Waals surface area contributed by atoms with Gasteiger partial charge in [0.05, 0.1) is 7.11 Å². The Morgan fingerprint density at radius 3 is 2.67 bits per heavy atom. The summed E-state index contributed by atoms with van der Waals surface area (Å²) in [5.74, 6) is 1.41. The van der Waals surface area contributed by atoms with Crippen molar-refractivity contribution < 1.29 is 9.53 Å². The number of nitrogens with zero attached hydrogens (tertiary/aromatic N) is 2. The molecule has 1 saturated heterocycles. The summed E-state index contributed by atoms with van der Waals surface area (Å²) in [7, 11) is 1.71. The highest BCUT2D eigenvalue weighted by molar-refractivity contribution is 5.79. The van der Waals surface area contributed by atoms with Gasteiger partial charge >= 0.3 is 0 Å². The van der Waals surface area contributed by atoms with E-state index in [-0.39, 0.29) is 12.0 Å². The van der Waals surface area contributed by atoms with Gasteiger partial charge in [-0.05, 0) is 25.3 Å². The number of piperazine rings is 1. The lowest BCUT2D eigenvalue weighted by atomic mass is 9.85. The third kappa shape index (κ3) is 4.08. The Hall–Kier alpha value is -1.59. The number of rotatable bonds is 4. The Balaban J connectivity index is 1.51. The molecule has 1 aromatic rings. The largest absolute Gasteiger partial charge is 0.496 e. The average Bonchev–Trinajstić information content (AvgIpc) is 2.62. The van der Waals surface area contributed by atoms with Crippen LogP contribution in [0.25, 0.3) is 0 Å². The molecule has 2 N–H and O–H groups in total. The second-order valence-electron chi connectivity index (χ2n) is 7.04. The van der Waals surface area contributed by atoms with Gasteiger partial charge in [0.1, 0.15) is 5.75 Å². The highest BCUT2D eigenvalue weighted by Crippen LogP contribution is 2.26. The molecular formula is C19H29N3O2. The van der Waals surface area contributed by atoms with Crippen LogP contribution in [0.2, 0.25) is 0 Å². The maximum absolute atomic E-state index is 12.7. The van der Waals surface area contributed by atoms with Crippen molar-refractivity contribution in [2.24, 2.45) is 11.7 Å². The summed E-state index contributed by atoms with van der Waals surface area (Å²) in [5, 5.41) is 0.